The smallest absolute Gasteiger partial charge is 0.289 e. The number of nitro benzene ring substituents is 1. The third-order valence-corrected chi connectivity index (χ3v) is 4.10. The zero-order chi connectivity index (χ0) is 14.0. The number of nitrogens with zero attached hydrogens (tertiary/aromatic N) is 1. The summed E-state index contributed by atoms with van der Waals surface area (Å²) >= 11 is 7.51. The fourth-order valence-corrected chi connectivity index (χ4v) is 2.95. The molecule has 0 saturated carbocycles. The number of hydrogen-bond acceptors (Lipinski definition) is 4. The molecule has 0 aliphatic heterocycles. The summed E-state index contributed by atoms with van der Waals surface area (Å²) < 4.78 is 0. The first-order chi connectivity index (χ1) is 8.97. The second-order valence-corrected chi connectivity index (χ2v) is 6.08. The van der Waals surface area contributed by atoms with Crippen LogP contribution in [0, 0.1) is 24.0 Å². The van der Waals surface area contributed by atoms with Gasteiger partial charge in [-0.05, 0) is 37.6 Å². The van der Waals surface area contributed by atoms with Crippen LogP contribution in [0.25, 0.3) is 0 Å². The van der Waals surface area contributed by atoms with E-state index in [-0.39, 0.29) is 10.7 Å². The highest BCUT2D eigenvalue weighted by atomic mass is 35.5. The third kappa shape index (κ3) is 3.24. The van der Waals surface area contributed by atoms with Gasteiger partial charge in [0.15, 0.2) is 0 Å². The summed E-state index contributed by atoms with van der Waals surface area (Å²) in [5.41, 5.74) is 1.82. The van der Waals surface area contributed by atoms with E-state index in [0.29, 0.717) is 12.2 Å². The molecule has 0 bridgehead atoms. The third-order valence-electron chi connectivity index (χ3n) is 2.77. The quantitative estimate of drug-likeness (QED) is 0.665. The van der Waals surface area contributed by atoms with Gasteiger partial charge in [0.05, 0.1) is 4.92 Å². The Labute approximate surface area is 120 Å². The summed E-state index contributed by atoms with van der Waals surface area (Å²) in [5.74, 6) is 0. The van der Waals surface area contributed by atoms with Gasteiger partial charge in [0.25, 0.3) is 5.69 Å². The van der Waals surface area contributed by atoms with Gasteiger partial charge in [-0.15, -0.1) is 11.3 Å². The van der Waals surface area contributed by atoms with Gasteiger partial charge in [0.2, 0.25) is 0 Å². The van der Waals surface area contributed by atoms with E-state index < -0.39 is 4.92 Å². The summed E-state index contributed by atoms with van der Waals surface area (Å²) in [7, 11) is 0. The highest BCUT2D eigenvalue weighted by molar-refractivity contribution is 7.12. The molecule has 0 atom stereocenters. The number of nitrogens with one attached hydrogen (secondary N) is 1. The molecule has 0 radical (unpaired) electrons. The largest absolute Gasteiger partial charge is 0.381 e. The molecule has 1 aromatic heterocycles. The molecular formula is C13H13ClN2O2S. The van der Waals surface area contributed by atoms with Crippen molar-refractivity contribution in [1.29, 1.82) is 0 Å². The van der Waals surface area contributed by atoms with E-state index in [4.69, 9.17) is 11.6 Å². The van der Waals surface area contributed by atoms with E-state index in [0.717, 1.165) is 0 Å². The minimum atomic E-state index is -0.479. The first-order valence-corrected chi connectivity index (χ1v) is 6.90. The lowest BCUT2D eigenvalue weighted by atomic mass is 10.2. The Morgan fingerprint density at radius 1 is 1.37 bits per heavy atom. The van der Waals surface area contributed by atoms with Crippen LogP contribution in [0.15, 0.2) is 24.3 Å². The minimum absolute atomic E-state index is 0.0788. The Balaban J connectivity index is 2.14. The van der Waals surface area contributed by atoms with E-state index in [1.54, 1.807) is 17.4 Å². The summed E-state index contributed by atoms with van der Waals surface area (Å²) in [6.45, 7) is 4.78. The van der Waals surface area contributed by atoms with Gasteiger partial charge in [0.1, 0.15) is 5.02 Å². The number of aryl methyl sites for hydroxylation is 2. The zero-order valence-electron chi connectivity index (χ0n) is 10.6. The topological polar surface area (TPSA) is 55.2 Å². The van der Waals surface area contributed by atoms with Crippen LogP contribution in [0.3, 0.4) is 0 Å². The average Bonchev–Trinajstić information content (AvgIpc) is 2.66. The normalized spacial score (nSPS) is 10.5. The van der Waals surface area contributed by atoms with Crippen LogP contribution in [0.1, 0.15) is 15.3 Å². The molecule has 1 N–H and O–H groups in total. The highest BCUT2D eigenvalue weighted by Gasteiger charge is 2.12. The van der Waals surface area contributed by atoms with Crippen molar-refractivity contribution in [3.63, 3.8) is 0 Å². The second-order valence-electron chi connectivity index (χ2n) is 4.22. The summed E-state index contributed by atoms with van der Waals surface area (Å²) in [5, 5.41) is 14.1. The van der Waals surface area contributed by atoms with Crippen molar-refractivity contribution >= 4 is 34.3 Å². The molecule has 0 amide bonds. The van der Waals surface area contributed by atoms with Crippen molar-refractivity contribution in [3.05, 3.63) is 54.7 Å². The Morgan fingerprint density at radius 2 is 2.11 bits per heavy atom. The van der Waals surface area contributed by atoms with E-state index in [1.807, 2.05) is 0 Å². The van der Waals surface area contributed by atoms with Crippen molar-refractivity contribution in [2.75, 3.05) is 5.32 Å². The number of halogens is 1. The number of benzene rings is 1. The summed E-state index contributed by atoms with van der Waals surface area (Å²) in [4.78, 5) is 12.8. The molecule has 0 unspecified atom stereocenters. The van der Waals surface area contributed by atoms with Crippen LogP contribution < -0.4 is 5.32 Å². The maximum atomic E-state index is 10.8. The molecule has 4 nitrogen and oxygen atoms in total. The standard InChI is InChI=1S/C13H13ClN2O2S/c1-8-5-10(9(2)19-8)7-15-11-3-4-12(14)13(6-11)16(17)18/h3-6,15H,7H2,1-2H3. The number of anilines is 1. The van der Waals surface area contributed by atoms with E-state index in [1.165, 1.54) is 27.5 Å². The highest BCUT2D eigenvalue weighted by Crippen LogP contribution is 2.28. The Morgan fingerprint density at radius 3 is 2.68 bits per heavy atom. The first kappa shape index (κ1) is 13.8. The van der Waals surface area contributed by atoms with E-state index >= 15 is 0 Å². The van der Waals surface area contributed by atoms with Crippen molar-refractivity contribution in [2.24, 2.45) is 0 Å². The zero-order valence-corrected chi connectivity index (χ0v) is 12.1. The van der Waals surface area contributed by atoms with Crippen LogP contribution in [0.5, 0.6) is 0 Å². The molecular weight excluding hydrogens is 284 g/mol. The maximum Gasteiger partial charge on any atom is 0.289 e. The predicted octanol–water partition coefficient (Wildman–Crippen LogP) is 4.54. The fourth-order valence-electron chi connectivity index (χ4n) is 1.82. The molecule has 0 saturated heterocycles. The van der Waals surface area contributed by atoms with E-state index in [2.05, 4.69) is 25.2 Å². The lowest BCUT2D eigenvalue weighted by Crippen LogP contribution is -2.00. The van der Waals surface area contributed by atoms with Crippen molar-refractivity contribution in [1.82, 2.24) is 0 Å². The van der Waals surface area contributed by atoms with Crippen molar-refractivity contribution < 1.29 is 4.92 Å². The summed E-state index contributed by atoms with van der Waals surface area (Å²) in [6.07, 6.45) is 0. The predicted molar refractivity (Wildman–Crippen MR) is 79.2 cm³/mol. The van der Waals surface area contributed by atoms with Gasteiger partial charge in [-0.2, -0.15) is 0 Å². The number of hydrogen-bond donors (Lipinski definition) is 1. The lowest BCUT2D eigenvalue weighted by molar-refractivity contribution is -0.384. The molecule has 6 heteroatoms. The van der Waals surface area contributed by atoms with Gasteiger partial charge < -0.3 is 5.32 Å². The van der Waals surface area contributed by atoms with Crippen molar-refractivity contribution in [2.45, 2.75) is 20.4 Å². The van der Waals surface area contributed by atoms with Crippen molar-refractivity contribution in [3.8, 4) is 0 Å². The number of thiophene rings is 1. The van der Waals surface area contributed by atoms with Gasteiger partial charge >= 0.3 is 0 Å². The molecule has 19 heavy (non-hydrogen) atoms. The number of nitro groups is 1. The molecule has 1 heterocycles. The molecule has 2 aromatic rings. The van der Waals surface area contributed by atoms with Gasteiger partial charge in [-0.1, -0.05) is 11.6 Å². The number of rotatable bonds is 4. The maximum absolute atomic E-state index is 10.8. The molecule has 0 aliphatic rings. The molecule has 2 rings (SSSR count). The SMILES string of the molecule is Cc1cc(CNc2ccc(Cl)c([N+](=O)[O-])c2)c(C)s1. The molecule has 100 valence electrons. The fraction of sp³-hybridized carbons (Fsp3) is 0.231. The molecule has 0 fully saturated rings. The molecule has 0 aliphatic carbocycles. The average molecular weight is 297 g/mol. The second kappa shape index (κ2) is 5.59. The van der Waals surface area contributed by atoms with Crippen LogP contribution in [-0.2, 0) is 6.54 Å². The van der Waals surface area contributed by atoms with Crippen LogP contribution in [0.2, 0.25) is 5.02 Å². The van der Waals surface area contributed by atoms with E-state index in [9.17, 15) is 10.1 Å². The van der Waals surface area contributed by atoms with Crippen LogP contribution in [-0.4, -0.2) is 4.92 Å². The lowest BCUT2D eigenvalue weighted by Gasteiger charge is -2.06. The minimum Gasteiger partial charge on any atom is -0.381 e. The monoisotopic (exact) mass is 296 g/mol. The molecule has 1 aromatic carbocycles. The van der Waals surface area contributed by atoms with Crippen LogP contribution in [0.4, 0.5) is 11.4 Å². The Bertz CT molecular complexity index is 625. The molecule has 0 spiro atoms. The summed E-state index contributed by atoms with van der Waals surface area (Å²) in [6, 6.07) is 6.85. The van der Waals surface area contributed by atoms with Crippen LogP contribution >= 0.6 is 22.9 Å². The van der Waals surface area contributed by atoms with Gasteiger partial charge in [0, 0.05) is 28.1 Å². The first-order valence-electron chi connectivity index (χ1n) is 5.71. The van der Waals surface area contributed by atoms with Gasteiger partial charge in [-0.3, -0.25) is 10.1 Å². The Kier molecular flexibility index (Phi) is 4.07. The van der Waals surface area contributed by atoms with Gasteiger partial charge in [-0.25, -0.2) is 0 Å². The Hall–Kier alpha value is -1.59.